The predicted molar refractivity (Wildman–Crippen MR) is 64.0 cm³/mol. The zero-order valence-electron chi connectivity index (χ0n) is 9.90. The van der Waals surface area contributed by atoms with Crippen LogP contribution >= 0.6 is 0 Å². The summed E-state index contributed by atoms with van der Waals surface area (Å²) in [4.78, 5) is 11.6. The van der Waals surface area contributed by atoms with Gasteiger partial charge in [0.05, 0.1) is 11.8 Å². The third-order valence-electron chi connectivity index (χ3n) is 2.50. The van der Waals surface area contributed by atoms with Crippen molar-refractivity contribution in [3.05, 3.63) is 29.6 Å². The summed E-state index contributed by atoms with van der Waals surface area (Å²) in [6, 6.07) is 3.76. The van der Waals surface area contributed by atoms with Crippen LogP contribution in [0.5, 0.6) is 0 Å². The Hall–Kier alpha value is -1.62. The first-order chi connectivity index (χ1) is 7.91. The fourth-order valence-corrected chi connectivity index (χ4v) is 1.22. The van der Waals surface area contributed by atoms with Gasteiger partial charge in [-0.1, -0.05) is 13.8 Å². The Morgan fingerprint density at radius 2 is 2.18 bits per heavy atom. The Labute approximate surface area is 99.6 Å². The molecule has 0 saturated carbocycles. The second kappa shape index (κ2) is 5.63. The molecule has 0 fully saturated rings. The molecule has 1 aromatic carbocycles. The average Bonchev–Trinajstić information content (AvgIpc) is 2.28. The van der Waals surface area contributed by atoms with Gasteiger partial charge in [0.25, 0.3) is 5.91 Å². The number of hydrogen-bond donors (Lipinski definition) is 3. The molecule has 0 aromatic heterocycles. The van der Waals surface area contributed by atoms with E-state index in [-0.39, 0.29) is 29.6 Å². The number of carbonyl (C=O) groups excluding carboxylic acids is 1. The Morgan fingerprint density at radius 3 is 2.71 bits per heavy atom. The van der Waals surface area contributed by atoms with Gasteiger partial charge in [-0.2, -0.15) is 0 Å². The molecular formula is C12H17FN2O2. The standard InChI is InChI=1S/C12H17FN2O2/c1-7(2)11(16)6-15-12(17)8-3-4-9(13)10(14)5-8/h3-5,7,11,16H,6,14H2,1-2H3,(H,15,17). The summed E-state index contributed by atoms with van der Waals surface area (Å²) in [5, 5.41) is 12.1. The number of halogens is 1. The van der Waals surface area contributed by atoms with Crippen LogP contribution in [0.15, 0.2) is 18.2 Å². The number of rotatable bonds is 4. The molecule has 0 aliphatic carbocycles. The first-order valence-electron chi connectivity index (χ1n) is 5.43. The van der Waals surface area contributed by atoms with E-state index in [1.165, 1.54) is 12.1 Å². The Morgan fingerprint density at radius 1 is 1.53 bits per heavy atom. The van der Waals surface area contributed by atoms with Crippen molar-refractivity contribution in [1.29, 1.82) is 0 Å². The van der Waals surface area contributed by atoms with E-state index in [1.54, 1.807) is 0 Å². The number of benzene rings is 1. The number of carbonyl (C=O) groups is 1. The highest BCUT2D eigenvalue weighted by molar-refractivity contribution is 5.95. The summed E-state index contributed by atoms with van der Waals surface area (Å²) in [5.41, 5.74) is 5.57. The minimum atomic E-state index is -0.600. The van der Waals surface area contributed by atoms with Crippen LogP contribution in [0.4, 0.5) is 10.1 Å². The van der Waals surface area contributed by atoms with Crippen molar-refractivity contribution in [3.63, 3.8) is 0 Å². The highest BCUT2D eigenvalue weighted by Gasteiger charge is 2.12. The van der Waals surface area contributed by atoms with Crippen molar-refractivity contribution in [2.45, 2.75) is 20.0 Å². The van der Waals surface area contributed by atoms with Gasteiger partial charge in [-0.05, 0) is 24.1 Å². The topological polar surface area (TPSA) is 75.3 Å². The zero-order valence-corrected chi connectivity index (χ0v) is 9.90. The molecule has 0 heterocycles. The van der Waals surface area contributed by atoms with E-state index in [9.17, 15) is 14.3 Å². The predicted octanol–water partition coefficient (Wildman–Crippen LogP) is 1.15. The Bertz CT molecular complexity index is 407. The number of aliphatic hydroxyl groups excluding tert-OH is 1. The second-order valence-corrected chi connectivity index (χ2v) is 4.26. The average molecular weight is 240 g/mol. The van der Waals surface area contributed by atoms with Gasteiger partial charge in [-0.25, -0.2) is 4.39 Å². The van der Waals surface area contributed by atoms with Gasteiger partial charge >= 0.3 is 0 Å². The van der Waals surface area contributed by atoms with E-state index in [1.807, 2.05) is 13.8 Å². The number of anilines is 1. The number of amides is 1. The first kappa shape index (κ1) is 13.4. The van der Waals surface area contributed by atoms with E-state index < -0.39 is 11.9 Å². The maximum Gasteiger partial charge on any atom is 0.251 e. The molecule has 4 N–H and O–H groups in total. The summed E-state index contributed by atoms with van der Waals surface area (Å²) >= 11 is 0. The lowest BCUT2D eigenvalue weighted by molar-refractivity contribution is 0.0871. The molecule has 0 radical (unpaired) electrons. The summed E-state index contributed by atoms with van der Waals surface area (Å²) in [7, 11) is 0. The number of nitrogen functional groups attached to an aromatic ring is 1. The molecule has 5 heteroatoms. The second-order valence-electron chi connectivity index (χ2n) is 4.26. The molecule has 4 nitrogen and oxygen atoms in total. The molecule has 1 rings (SSSR count). The molecule has 0 bridgehead atoms. The van der Waals surface area contributed by atoms with Crippen molar-refractivity contribution >= 4 is 11.6 Å². The van der Waals surface area contributed by atoms with E-state index in [2.05, 4.69) is 5.32 Å². The fourth-order valence-electron chi connectivity index (χ4n) is 1.22. The summed E-state index contributed by atoms with van der Waals surface area (Å²) in [6.07, 6.45) is -0.600. The number of aliphatic hydroxyl groups is 1. The number of nitrogens with two attached hydrogens (primary N) is 1. The monoisotopic (exact) mass is 240 g/mol. The van der Waals surface area contributed by atoms with Crippen LogP contribution in [0.25, 0.3) is 0 Å². The molecule has 94 valence electrons. The highest BCUT2D eigenvalue weighted by atomic mass is 19.1. The maximum absolute atomic E-state index is 12.9. The van der Waals surface area contributed by atoms with Gasteiger partial charge in [0.1, 0.15) is 5.82 Å². The van der Waals surface area contributed by atoms with Crippen molar-refractivity contribution in [2.75, 3.05) is 12.3 Å². The smallest absolute Gasteiger partial charge is 0.251 e. The molecule has 0 saturated heterocycles. The van der Waals surface area contributed by atoms with Crippen LogP contribution < -0.4 is 11.1 Å². The lowest BCUT2D eigenvalue weighted by Crippen LogP contribution is -2.34. The molecule has 1 unspecified atom stereocenters. The van der Waals surface area contributed by atoms with E-state index >= 15 is 0 Å². The van der Waals surface area contributed by atoms with E-state index in [0.29, 0.717) is 0 Å². The molecule has 1 atom stereocenters. The number of hydrogen-bond acceptors (Lipinski definition) is 3. The number of nitrogens with one attached hydrogen (secondary N) is 1. The zero-order chi connectivity index (χ0) is 13.0. The molecule has 17 heavy (non-hydrogen) atoms. The Kier molecular flexibility index (Phi) is 4.45. The third kappa shape index (κ3) is 3.71. The van der Waals surface area contributed by atoms with Crippen LogP contribution in [-0.2, 0) is 0 Å². The van der Waals surface area contributed by atoms with Gasteiger partial charge in [0.15, 0.2) is 0 Å². The normalized spacial score (nSPS) is 12.5. The van der Waals surface area contributed by atoms with Crippen molar-refractivity contribution in [2.24, 2.45) is 5.92 Å². The Balaban J connectivity index is 2.61. The molecule has 0 spiro atoms. The first-order valence-corrected chi connectivity index (χ1v) is 5.43. The van der Waals surface area contributed by atoms with Crippen LogP contribution in [0.1, 0.15) is 24.2 Å². The van der Waals surface area contributed by atoms with Gasteiger partial charge in [-0.3, -0.25) is 4.79 Å². The fraction of sp³-hybridized carbons (Fsp3) is 0.417. The van der Waals surface area contributed by atoms with Crippen molar-refractivity contribution < 1.29 is 14.3 Å². The van der Waals surface area contributed by atoms with Crippen LogP contribution in [-0.4, -0.2) is 23.7 Å². The molecule has 1 aromatic rings. The minimum Gasteiger partial charge on any atom is -0.396 e. The van der Waals surface area contributed by atoms with Gasteiger partial charge in [0, 0.05) is 12.1 Å². The van der Waals surface area contributed by atoms with Crippen LogP contribution in [0, 0.1) is 11.7 Å². The van der Waals surface area contributed by atoms with E-state index in [0.717, 1.165) is 6.07 Å². The summed E-state index contributed by atoms with van der Waals surface area (Å²) in [6.45, 7) is 3.87. The maximum atomic E-state index is 12.9. The third-order valence-corrected chi connectivity index (χ3v) is 2.50. The van der Waals surface area contributed by atoms with Gasteiger partial charge in [0.2, 0.25) is 0 Å². The quantitative estimate of drug-likeness (QED) is 0.691. The molecule has 0 aliphatic heterocycles. The largest absolute Gasteiger partial charge is 0.396 e. The van der Waals surface area contributed by atoms with Crippen LogP contribution in [0.2, 0.25) is 0 Å². The van der Waals surface area contributed by atoms with Gasteiger partial charge < -0.3 is 16.2 Å². The van der Waals surface area contributed by atoms with Crippen molar-refractivity contribution in [3.8, 4) is 0 Å². The van der Waals surface area contributed by atoms with E-state index in [4.69, 9.17) is 5.73 Å². The summed E-state index contributed by atoms with van der Waals surface area (Å²) in [5.74, 6) is -0.867. The van der Waals surface area contributed by atoms with Crippen molar-refractivity contribution in [1.82, 2.24) is 5.32 Å². The molecule has 1 amide bonds. The lowest BCUT2D eigenvalue weighted by atomic mass is 10.1. The van der Waals surface area contributed by atoms with Crippen LogP contribution in [0.3, 0.4) is 0 Å². The van der Waals surface area contributed by atoms with Gasteiger partial charge in [-0.15, -0.1) is 0 Å². The summed E-state index contributed by atoms with van der Waals surface area (Å²) < 4.78 is 12.9. The molecule has 0 aliphatic rings. The highest BCUT2D eigenvalue weighted by Crippen LogP contribution is 2.12. The molecular weight excluding hydrogens is 223 g/mol. The SMILES string of the molecule is CC(C)C(O)CNC(=O)c1ccc(F)c(N)c1. The lowest BCUT2D eigenvalue weighted by Gasteiger charge is -2.15. The minimum absolute atomic E-state index is 0.0635.